The van der Waals surface area contributed by atoms with E-state index in [0.29, 0.717) is 0 Å². The summed E-state index contributed by atoms with van der Waals surface area (Å²) in [5.74, 6) is 1.78. The Hall–Kier alpha value is -1.22. The quantitative estimate of drug-likeness (QED) is 0.834. The van der Waals surface area contributed by atoms with Gasteiger partial charge in [0.05, 0.1) is 14.2 Å². The lowest BCUT2D eigenvalue weighted by atomic mass is 9.86. The fourth-order valence-corrected chi connectivity index (χ4v) is 2.75. The molecule has 3 nitrogen and oxygen atoms in total. The summed E-state index contributed by atoms with van der Waals surface area (Å²) in [6.07, 6.45) is 0.930. The molecule has 0 amide bonds. The van der Waals surface area contributed by atoms with Gasteiger partial charge in [0.2, 0.25) is 0 Å². The van der Waals surface area contributed by atoms with Crippen LogP contribution in [0.25, 0.3) is 0 Å². The molecule has 0 radical (unpaired) electrons. The van der Waals surface area contributed by atoms with E-state index in [1.807, 2.05) is 12.1 Å². The van der Waals surface area contributed by atoms with Crippen molar-refractivity contribution in [3.8, 4) is 11.5 Å². The predicted octanol–water partition coefficient (Wildman–Crippen LogP) is 2.38. The number of hydrogen-bond acceptors (Lipinski definition) is 3. The summed E-state index contributed by atoms with van der Waals surface area (Å²) >= 11 is 0. The molecule has 1 aromatic carbocycles. The van der Waals surface area contributed by atoms with Gasteiger partial charge in [-0.3, -0.25) is 0 Å². The summed E-state index contributed by atoms with van der Waals surface area (Å²) in [7, 11) is 3.38. The third-order valence-electron chi connectivity index (χ3n) is 3.38. The number of fused-ring (bicyclic) bond motifs is 1. The van der Waals surface area contributed by atoms with E-state index in [-0.39, 0.29) is 11.5 Å². The van der Waals surface area contributed by atoms with Gasteiger partial charge in [0, 0.05) is 17.2 Å². The SMILES string of the molecule is COc1ccc(OC)c2c1[C@@H](N)CC2(C)C. The average Bonchev–Trinajstić information content (AvgIpc) is 2.49. The average molecular weight is 221 g/mol. The molecule has 1 aromatic rings. The van der Waals surface area contributed by atoms with E-state index in [9.17, 15) is 0 Å². The van der Waals surface area contributed by atoms with Crippen LogP contribution in [0, 0.1) is 0 Å². The maximum atomic E-state index is 6.19. The first-order valence-corrected chi connectivity index (χ1v) is 5.52. The van der Waals surface area contributed by atoms with Crippen LogP contribution in [0.4, 0.5) is 0 Å². The Bertz CT molecular complexity index is 413. The van der Waals surface area contributed by atoms with Crippen LogP contribution in [-0.2, 0) is 5.41 Å². The van der Waals surface area contributed by atoms with Gasteiger partial charge >= 0.3 is 0 Å². The molecule has 0 saturated heterocycles. The molecule has 3 heteroatoms. The Labute approximate surface area is 96.5 Å². The lowest BCUT2D eigenvalue weighted by molar-refractivity contribution is 0.388. The van der Waals surface area contributed by atoms with Crippen molar-refractivity contribution in [3.63, 3.8) is 0 Å². The zero-order valence-electron chi connectivity index (χ0n) is 10.3. The summed E-state index contributed by atoms with van der Waals surface area (Å²) in [5.41, 5.74) is 8.54. The number of rotatable bonds is 2. The summed E-state index contributed by atoms with van der Waals surface area (Å²) in [6, 6.07) is 3.92. The van der Waals surface area contributed by atoms with Gasteiger partial charge in [0.1, 0.15) is 11.5 Å². The zero-order chi connectivity index (χ0) is 11.9. The van der Waals surface area contributed by atoms with Crippen molar-refractivity contribution in [1.82, 2.24) is 0 Å². The van der Waals surface area contributed by atoms with Crippen LogP contribution < -0.4 is 15.2 Å². The highest BCUT2D eigenvalue weighted by atomic mass is 16.5. The maximum Gasteiger partial charge on any atom is 0.124 e. The van der Waals surface area contributed by atoms with Crippen molar-refractivity contribution in [2.75, 3.05) is 14.2 Å². The minimum atomic E-state index is 0.0371. The molecule has 0 bridgehead atoms. The number of nitrogens with two attached hydrogens (primary N) is 1. The highest BCUT2D eigenvalue weighted by Gasteiger charge is 2.39. The van der Waals surface area contributed by atoms with Crippen molar-refractivity contribution >= 4 is 0 Å². The van der Waals surface area contributed by atoms with Crippen LogP contribution >= 0.6 is 0 Å². The van der Waals surface area contributed by atoms with Gasteiger partial charge in [-0.25, -0.2) is 0 Å². The monoisotopic (exact) mass is 221 g/mol. The molecule has 0 saturated carbocycles. The first-order valence-electron chi connectivity index (χ1n) is 5.52. The van der Waals surface area contributed by atoms with Crippen molar-refractivity contribution < 1.29 is 9.47 Å². The topological polar surface area (TPSA) is 44.5 Å². The lowest BCUT2D eigenvalue weighted by Crippen LogP contribution is -2.15. The van der Waals surface area contributed by atoms with E-state index in [1.54, 1.807) is 14.2 Å². The number of methoxy groups -OCH3 is 2. The molecule has 0 spiro atoms. The molecule has 0 aliphatic heterocycles. The zero-order valence-corrected chi connectivity index (χ0v) is 10.3. The van der Waals surface area contributed by atoms with E-state index in [4.69, 9.17) is 15.2 Å². The molecule has 1 aliphatic carbocycles. The number of benzene rings is 1. The van der Waals surface area contributed by atoms with Gasteiger partial charge in [0.25, 0.3) is 0 Å². The molecule has 88 valence electrons. The summed E-state index contributed by atoms with van der Waals surface area (Å²) < 4.78 is 10.8. The van der Waals surface area contributed by atoms with Crippen LogP contribution in [0.5, 0.6) is 11.5 Å². The number of ether oxygens (including phenoxy) is 2. The standard InChI is InChI=1S/C13H19NO2/c1-13(2)7-8(14)11-9(15-3)5-6-10(16-4)12(11)13/h5-6,8H,7,14H2,1-4H3/t8-/m0/s1. The van der Waals surface area contributed by atoms with Crippen molar-refractivity contribution in [2.45, 2.75) is 31.7 Å². The Morgan fingerprint density at radius 2 is 1.75 bits per heavy atom. The summed E-state index contributed by atoms with van der Waals surface area (Å²) in [4.78, 5) is 0. The van der Waals surface area contributed by atoms with Gasteiger partial charge in [-0.2, -0.15) is 0 Å². The third-order valence-corrected chi connectivity index (χ3v) is 3.38. The molecular formula is C13H19NO2. The molecule has 0 fully saturated rings. The first-order chi connectivity index (χ1) is 7.51. The Morgan fingerprint density at radius 3 is 2.31 bits per heavy atom. The highest BCUT2D eigenvalue weighted by molar-refractivity contribution is 5.56. The number of hydrogen-bond donors (Lipinski definition) is 1. The van der Waals surface area contributed by atoms with Gasteiger partial charge < -0.3 is 15.2 Å². The molecule has 0 unspecified atom stereocenters. The van der Waals surface area contributed by atoms with E-state index in [0.717, 1.165) is 23.5 Å². The van der Waals surface area contributed by atoms with Gasteiger partial charge in [-0.1, -0.05) is 13.8 Å². The van der Waals surface area contributed by atoms with Crippen molar-refractivity contribution in [3.05, 3.63) is 23.3 Å². The fourth-order valence-electron chi connectivity index (χ4n) is 2.75. The van der Waals surface area contributed by atoms with Crippen molar-refractivity contribution in [1.29, 1.82) is 0 Å². The molecule has 1 atom stereocenters. The van der Waals surface area contributed by atoms with Crippen LogP contribution in [0.15, 0.2) is 12.1 Å². The van der Waals surface area contributed by atoms with Crippen molar-refractivity contribution in [2.24, 2.45) is 5.73 Å². The molecule has 0 heterocycles. The molecule has 2 rings (SSSR count). The van der Waals surface area contributed by atoms with Crippen LogP contribution in [0.1, 0.15) is 37.4 Å². The molecule has 0 aromatic heterocycles. The summed E-state index contributed by atoms with van der Waals surface area (Å²) in [5, 5.41) is 0. The van der Waals surface area contributed by atoms with Gasteiger partial charge in [0.15, 0.2) is 0 Å². The Morgan fingerprint density at radius 1 is 1.19 bits per heavy atom. The normalized spacial score (nSPS) is 21.7. The second kappa shape index (κ2) is 3.67. The van der Waals surface area contributed by atoms with E-state index in [2.05, 4.69) is 13.8 Å². The highest BCUT2D eigenvalue weighted by Crippen LogP contribution is 2.51. The Balaban J connectivity index is 2.69. The van der Waals surface area contributed by atoms with E-state index < -0.39 is 0 Å². The largest absolute Gasteiger partial charge is 0.496 e. The first kappa shape index (κ1) is 11.3. The molecule has 1 aliphatic rings. The Kier molecular flexibility index (Phi) is 2.58. The molecule has 2 N–H and O–H groups in total. The lowest BCUT2D eigenvalue weighted by Gasteiger charge is -2.21. The van der Waals surface area contributed by atoms with Gasteiger partial charge in [-0.15, -0.1) is 0 Å². The predicted molar refractivity (Wildman–Crippen MR) is 64.1 cm³/mol. The van der Waals surface area contributed by atoms with Crippen LogP contribution in [-0.4, -0.2) is 14.2 Å². The van der Waals surface area contributed by atoms with Gasteiger partial charge in [-0.05, 0) is 24.0 Å². The fraction of sp³-hybridized carbons (Fsp3) is 0.538. The third kappa shape index (κ3) is 1.47. The molecule has 16 heavy (non-hydrogen) atoms. The van der Waals surface area contributed by atoms with E-state index in [1.165, 1.54) is 5.56 Å². The van der Waals surface area contributed by atoms with E-state index >= 15 is 0 Å². The molecular weight excluding hydrogens is 202 g/mol. The smallest absolute Gasteiger partial charge is 0.124 e. The second-order valence-corrected chi connectivity index (χ2v) is 4.95. The maximum absolute atomic E-state index is 6.19. The summed E-state index contributed by atoms with van der Waals surface area (Å²) in [6.45, 7) is 4.39. The van der Waals surface area contributed by atoms with Crippen LogP contribution in [0.2, 0.25) is 0 Å². The second-order valence-electron chi connectivity index (χ2n) is 4.95. The minimum absolute atomic E-state index is 0.0371. The minimum Gasteiger partial charge on any atom is -0.496 e. The van der Waals surface area contributed by atoms with Crippen LogP contribution in [0.3, 0.4) is 0 Å².